The SMILES string of the molecule is Cc1cccc(NCc2ccc(OCC(C)C)cc2)c1C. The van der Waals surface area contributed by atoms with Gasteiger partial charge in [-0.25, -0.2) is 0 Å². The van der Waals surface area contributed by atoms with Crippen LogP contribution in [0.4, 0.5) is 5.69 Å². The zero-order chi connectivity index (χ0) is 15.2. The molecule has 0 aromatic heterocycles. The van der Waals surface area contributed by atoms with Gasteiger partial charge < -0.3 is 10.1 Å². The van der Waals surface area contributed by atoms with Crippen molar-refractivity contribution in [2.75, 3.05) is 11.9 Å². The zero-order valence-corrected chi connectivity index (χ0v) is 13.4. The van der Waals surface area contributed by atoms with Gasteiger partial charge in [-0.3, -0.25) is 0 Å². The average Bonchev–Trinajstić information content (AvgIpc) is 2.48. The predicted molar refractivity (Wildman–Crippen MR) is 90.0 cm³/mol. The lowest BCUT2D eigenvalue weighted by Crippen LogP contribution is -2.05. The first-order chi connectivity index (χ1) is 10.1. The van der Waals surface area contributed by atoms with Gasteiger partial charge in [0, 0.05) is 12.2 Å². The summed E-state index contributed by atoms with van der Waals surface area (Å²) in [6, 6.07) is 14.7. The van der Waals surface area contributed by atoms with E-state index in [1.54, 1.807) is 0 Å². The predicted octanol–water partition coefficient (Wildman–Crippen LogP) is 4.95. The Hall–Kier alpha value is -1.96. The lowest BCUT2D eigenvalue weighted by molar-refractivity contribution is 0.271. The Labute approximate surface area is 128 Å². The summed E-state index contributed by atoms with van der Waals surface area (Å²) >= 11 is 0. The van der Waals surface area contributed by atoms with E-state index in [2.05, 4.69) is 63.3 Å². The first-order valence-corrected chi connectivity index (χ1v) is 7.58. The van der Waals surface area contributed by atoms with Crippen LogP contribution in [0.2, 0.25) is 0 Å². The Morgan fingerprint density at radius 3 is 2.38 bits per heavy atom. The van der Waals surface area contributed by atoms with Gasteiger partial charge >= 0.3 is 0 Å². The number of benzene rings is 2. The third-order valence-corrected chi connectivity index (χ3v) is 3.59. The molecular weight excluding hydrogens is 258 g/mol. The van der Waals surface area contributed by atoms with Crippen LogP contribution < -0.4 is 10.1 Å². The summed E-state index contributed by atoms with van der Waals surface area (Å²) in [5.74, 6) is 1.50. The average molecular weight is 283 g/mol. The molecule has 0 spiro atoms. The normalized spacial score (nSPS) is 10.7. The number of hydrogen-bond acceptors (Lipinski definition) is 2. The molecule has 112 valence electrons. The summed E-state index contributed by atoms with van der Waals surface area (Å²) in [6.45, 7) is 10.2. The first-order valence-electron chi connectivity index (χ1n) is 7.58. The van der Waals surface area contributed by atoms with E-state index < -0.39 is 0 Å². The molecule has 2 heteroatoms. The Balaban J connectivity index is 1.93. The van der Waals surface area contributed by atoms with Crippen LogP contribution in [0, 0.1) is 19.8 Å². The lowest BCUT2D eigenvalue weighted by Gasteiger charge is -2.12. The van der Waals surface area contributed by atoms with E-state index in [1.807, 2.05) is 12.1 Å². The highest BCUT2D eigenvalue weighted by Crippen LogP contribution is 2.19. The molecule has 0 heterocycles. The summed E-state index contributed by atoms with van der Waals surface area (Å²) in [4.78, 5) is 0. The van der Waals surface area contributed by atoms with Gasteiger partial charge in [0.15, 0.2) is 0 Å². The van der Waals surface area contributed by atoms with E-state index in [0.29, 0.717) is 5.92 Å². The van der Waals surface area contributed by atoms with E-state index in [9.17, 15) is 0 Å². The maximum absolute atomic E-state index is 5.70. The van der Waals surface area contributed by atoms with Crippen LogP contribution in [0.5, 0.6) is 5.75 Å². The second-order valence-corrected chi connectivity index (χ2v) is 5.95. The third kappa shape index (κ3) is 4.52. The maximum atomic E-state index is 5.70. The molecule has 2 nitrogen and oxygen atoms in total. The molecule has 2 aromatic rings. The molecule has 0 aliphatic rings. The van der Waals surface area contributed by atoms with E-state index >= 15 is 0 Å². The van der Waals surface area contributed by atoms with Crippen molar-refractivity contribution in [1.29, 1.82) is 0 Å². The summed E-state index contributed by atoms with van der Waals surface area (Å²) in [5.41, 5.74) is 5.09. The van der Waals surface area contributed by atoms with E-state index in [1.165, 1.54) is 22.4 Å². The van der Waals surface area contributed by atoms with E-state index in [4.69, 9.17) is 4.74 Å². The maximum Gasteiger partial charge on any atom is 0.119 e. The number of nitrogens with one attached hydrogen (secondary N) is 1. The van der Waals surface area contributed by atoms with Gasteiger partial charge in [0.05, 0.1) is 6.61 Å². The molecule has 2 rings (SSSR count). The molecule has 0 aliphatic carbocycles. The Morgan fingerprint density at radius 2 is 1.71 bits per heavy atom. The minimum atomic E-state index is 0.552. The van der Waals surface area contributed by atoms with Crippen LogP contribution in [-0.4, -0.2) is 6.61 Å². The van der Waals surface area contributed by atoms with Crippen molar-refractivity contribution in [3.63, 3.8) is 0 Å². The minimum Gasteiger partial charge on any atom is -0.493 e. The molecule has 2 aromatic carbocycles. The van der Waals surface area contributed by atoms with Gasteiger partial charge in [-0.2, -0.15) is 0 Å². The first kappa shape index (κ1) is 15.4. The quantitative estimate of drug-likeness (QED) is 0.810. The largest absolute Gasteiger partial charge is 0.493 e. The molecule has 0 unspecified atom stereocenters. The summed E-state index contributed by atoms with van der Waals surface area (Å²) < 4.78 is 5.70. The molecule has 0 fully saturated rings. The van der Waals surface area contributed by atoms with Crippen molar-refractivity contribution in [3.8, 4) is 5.75 Å². The highest BCUT2D eigenvalue weighted by Gasteiger charge is 2.01. The minimum absolute atomic E-state index is 0.552. The molecule has 0 saturated heterocycles. The fraction of sp³-hybridized carbons (Fsp3) is 0.368. The summed E-state index contributed by atoms with van der Waals surface area (Å²) in [7, 11) is 0. The molecule has 0 atom stereocenters. The number of aryl methyl sites for hydroxylation is 1. The molecular formula is C19H25NO. The van der Waals surface area contributed by atoms with Gasteiger partial charge in [0.2, 0.25) is 0 Å². The van der Waals surface area contributed by atoms with Crippen molar-refractivity contribution in [3.05, 3.63) is 59.2 Å². The zero-order valence-electron chi connectivity index (χ0n) is 13.4. The molecule has 0 radical (unpaired) electrons. The molecule has 0 bridgehead atoms. The van der Waals surface area contributed by atoms with Crippen LogP contribution in [0.3, 0.4) is 0 Å². The van der Waals surface area contributed by atoms with E-state index in [-0.39, 0.29) is 0 Å². The van der Waals surface area contributed by atoms with Crippen molar-refractivity contribution in [2.45, 2.75) is 34.2 Å². The van der Waals surface area contributed by atoms with Crippen LogP contribution in [0.15, 0.2) is 42.5 Å². The molecule has 1 N–H and O–H groups in total. The van der Waals surface area contributed by atoms with Gasteiger partial charge in [-0.1, -0.05) is 38.1 Å². The second-order valence-electron chi connectivity index (χ2n) is 5.95. The highest BCUT2D eigenvalue weighted by molar-refractivity contribution is 5.53. The smallest absolute Gasteiger partial charge is 0.119 e. The Morgan fingerprint density at radius 1 is 1.00 bits per heavy atom. The van der Waals surface area contributed by atoms with Crippen molar-refractivity contribution in [1.82, 2.24) is 0 Å². The van der Waals surface area contributed by atoms with Gasteiger partial charge in [0.25, 0.3) is 0 Å². The van der Waals surface area contributed by atoms with Crippen LogP contribution in [-0.2, 0) is 6.54 Å². The number of hydrogen-bond donors (Lipinski definition) is 1. The third-order valence-electron chi connectivity index (χ3n) is 3.59. The topological polar surface area (TPSA) is 21.3 Å². The van der Waals surface area contributed by atoms with Crippen molar-refractivity contribution in [2.24, 2.45) is 5.92 Å². The molecule has 21 heavy (non-hydrogen) atoms. The lowest BCUT2D eigenvalue weighted by atomic mass is 10.1. The van der Waals surface area contributed by atoms with Crippen LogP contribution in [0.1, 0.15) is 30.5 Å². The standard InChI is InChI=1S/C19H25NO/c1-14(2)13-21-18-10-8-17(9-11-18)12-20-19-7-5-6-15(3)16(19)4/h5-11,14,20H,12-13H2,1-4H3. The summed E-state index contributed by atoms with van der Waals surface area (Å²) in [5, 5.41) is 3.50. The van der Waals surface area contributed by atoms with Crippen molar-refractivity contribution < 1.29 is 4.74 Å². The second kappa shape index (κ2) is 7.16. The van der Waals surface area contributed by atoms with Gasteiger partial charge in [-0.05, 0) is 54.7 Å². The van der Waals surface area contributed by atoms with Gasteiger partial charge in [-0.15, -0.1) is 0 Å². The molecule has 0 amide bonds. The molecule has 0 aliphatic heterocycles. The highest BCUT2D eigenvalue weighted by atomic mass is 16.5. The monoisotopic (exact) mass is 283 g/mol. The Bertz CT molecular complexity index is 573. The van der Waals surface area contributed by atoms with Crippen LogP contribution >= 0.6 is 0 Å². The fourth-order valence-electron chi connectivity index (χ4n) is 2.11. The Kier molecular flexibility index (Phi) is 5.26. The number of ether oxygens (including phenoxy) is 1. The fourth-order valence-corrected chi connectivity index (χ4v) is 2.11. The van der Waals surface area contributed by atoms with Crippen molar-refractivity contribution >= 4 is 5.69 Å². The summed E-state index contributed by atoms with van der Waals surface area (Å²) in [6.07, 6.45) is 0. The van der Waals surface area contributed by atoms with E-state index in [0.717, 1.165) is 18.9 Å². The van der Waals surface area contributed by atoms with Crippen LogP contribution in [0.25, 0.3) is 0 Å². The molecule has 0 saturated carbocycles. The number of anilines is 1. The number of rotatable bonds is 6. The van der Waals surface area contributed by atoms with Gasteiger partial charge in [0.1, 0.15) is 5.75 Å².